The highest BCUT2D eigenvalue weighted by molar-refractivity contribution is 5.84. The molecule has 0 fully saturated rings. The highest BCUT2D eigenvalue weighted by atomic mass is 14.7. The maximum Gasteiger partial charge on any atom is 0.0994 e. The second kappa shape index (κ2) is 7.11. The summed E-state index contributed by atoms with van der Waals surface area (Å²) < 4.78 is 0. The summed E-state index contributed by atoms with van der Waals surface area (Å²) in [5.41, 5.74) is 13.9. The van der Waals surface area contributed by atoms with E-state index in [1.54, 1.807) is 6.20 Å². The van der Waals surface area contributed by atoms with Crippen LogP contribution in [0.15, 0.2) is 30.6 Å². The van der Waals surface area contributed by atoms with E-state index < -0.39 is 0 Å². The van der Waals surface area contributed by atoms with Crippen LogP contribution >= 0.6 is 0 Å². The predicted molar refractivity (Wildman–Crippen MR) is 96.0 cm³/mol. The highest BCUT2D eigenvalue weighted by Crippen LogP contribution is 2.32. The molecule has 0 spiro atoms. The summed E-state index contributed by atoms with van der Waals surface area (Å²) in [5, 5.41) is 9.36. The quantitative estimate of drug-likeness (QED) is 0.891. The highest BCUT2D eigenvalue weighted by Gasteiger charge is 2.14. The van der Waals surface area contributed by atoms with Crippen LogP contribution < -0.4 is 5.73 Å². The van der Waals surface area contributed by atoms with Gasteiger partial charge in [-0.15, -0.1) is 0 Å². The fourth-order valence-electron chi connectivity index (χ4n) is 2.73. The Balaban J connectivity index is 2.71. The lowest BCUT2D eigenvalue weighted by Gasteiger charge is -2.16. The fraction of sp³-hybridized carbons (Fsp3) is 0.300. The molecule has 0 atom stereocenters. The van der Waals surface area contributed by atoms with Crippen LogP contribution in [0.4, 0.5) is 5.69 Å². The molecule has 0 aliphatic carbocycles. The zero-order chi connectivity index (χ0) is 17.0. The zero-order valence-corrected chi connectivity index (χ0v) is 14.3. The molecule has 1 aromatic heterocycles. The molecule has 2 aromatic rings. The Labute approximate surface area is 138 Å². The van der Waals surface area contributed by atoms with Crippen LogP contribution in [0.3, 0.4) is 0 Å². The summed E-state index contributed by atoms with van der Waals surface area (Å²) >= 11 is 0. The van der Waals surface area contributed by atoms with Gasteiger partial charge in [-0.1, -0.05) is 25.5 Å². The predicted octanol–water partition coefficient (Wildman–Crippen LogP) is 4.69. The third-order valence-corrected chi connectivity index (χ3v) is 4.16. The molecule has 0 bridgehead atoms. The van der Waals surface area contributed by atoms with Crippen LogP contribution in [0, 0.1) is 32.1 Å². The monoisotopic (exact) mass is 305 g/mol. The van der Waals surface area contributed by atoms with E-state index in [-0.39, 0.29) is 0 Å². The molecule has 3 heteroatoms. The lowest BCUT2D eigenvalue weighted by Crippen LogP contribution is -2.01. The number of pyridine rings is 1. The number of rotatable bonds is 4. The lowest BCUT2D eigenvalue weighted by molar-refractivity contribution is 0.959. The number of nitriles is 1. The van der Waals surface area contributed by atoms with Gasteiger partial charge in [-0.05, 0) is 61.1 Å². The number of hydrogen-bond acceptors (Lipinski definition) is 3. The SMILES string of the molecule is CCC/C=C(\c1cc(C#N)c(C)cc1C)c1cncc(N)c1C. The standard InChI is InChI=1S/C20H23N3/c1-5-6-7-17(19-11-23-12-20(22)15(19)4)18-9-16(10-21)13(2)8-14(18)3/h7-9,11-12H,5-6,22H2,1-4H3/b17-7+. The van der Waals surface area contributed by atoms with Crippen LogP contribution in [0.1, 0.15) is 53.1 Å². The van der Waals surface area contributed by atoms with Gasteiger partial charge in [0.05, 0.1) is 23.5 Å². The van der Waals surface area contributed by atoms with Crippen molar-refractivity contribution in [2.75, 3.05) is 5.73 Å². The minimum absolute atomic E-state index is 0.690. The zero-order valence-electron chi connectivity index (χ0n) is 14.3. The largest absolute Gasteiger partial charge is 0.397 e. The van der Waals surface area contributed by atoms with E-state index in [0.717, 1.165) is 46.2 Å². The number of allylic oxidation sites excluding steroid dienone is 1. The van der Waals surface area contributed by atoms with Crippen molar-refractivity contribution in [3.05, 3.63) is 64.0 Å². The molecule has 1 aromatic carbocycles. The van der Waals surface area contributed by atoms with E-state index >= 15 is 0 Å². The van der Waals surface area contributed by atoms with Gasteiger partial charge in [0, 0.05) is 11.8 Å². The van der Waals surface area contributed by atoms with E-state index in [2.05, 4.69) is 37.0 Å². The Morgan fingerprint density at radius 2 is 1.91 bits per heavy atom. The van der Waals surface area contributed by atoms with Gasteiger partial charge in [-0.2, -0.15) is 5.26 Å². The van der Waals surface area contributed by atoms with Gasteiger partial charge >= 0.3 is 0 Å². The van der Waals surface area contributed by atoms with Crippen molar-refractivity contribution in [2.24, 2.45) is 0 Å². The molecule has 0 aliphatic heterocycles. The second-order valence-electron chi connectivity index (χ2n) is 5.90. The molecule has 0 saturated heterocycles. The minimum Gasteiger partial charge on any atom is -0.397 e. The third kappa shape index (κ3) is 3.43. The van der Waals surface area contributed by atoms with Crippen LogP contribution in [0.2, 0.25) is 0 Å². The Morgan fingerprint density at radius 3 is 2.57 bits per heavy atom. The molecule has 0 aliphatic rings. The molecule has 1 heterocycles. The number of benzene rings is 1. The topological polar surface area (TPSA) is 62.7 Å². The number of aromatic nitrogens is 1. The average molecular weight is 305 g/mol. The number of anilines is 1. The van der Waals surface area contributed by atoms with E-state index in [4.69, 9.17) is 5.73 Å². The van der Waals surface area contributed by atoms with Crippen LogP contribution in [-0.4, -0.2) is 4.98 Å². The fourth-order valence-corrected chi connectivity index (χ4v) is 2.73. The molecular formula is C20H23N3. The smallest absolute Gasteiger partial charge is 0.0994 e. The number of nitrogens with zero attached hydrogens (tertiary/aromatic N) is 2. The van der Waals surface area contributed by atoms with Crippen molar-refractivity contribution in [3.63, 3.8) is 0 Å². The minimum atomic E-state index is 0.690. The van der Waals surface area contributed by atoms with Crippen molar-refractivity contribution >= 4 is 11.3 Å². The maximum atomic E-state index is 9.36. The Bertz CT molecular complexity index is 795. The van der Waals surface area contributed by atoms with Crippen molar-refractivity contribution in [1.29, 1.82) is 5.26 Å². The number of nitrogen functional groups attached to an aromatic ring is 1. The van der Waals surface area contributed by atoms with Crippen molar-refractivity contribution < 1.29 is 0 Å². The third-order valence-electron chi connectivity index (χ3n) is 4.16. The molecule has 23 heavy (non-hydrogen) atoms. The summed E-state index contributed by atoms with van der Waals surface area (Å²) in [5.74, 6) is 0. The van der Waals surface area contributed by atoms with Gasteiger partial charge in [0.25, 0.3) is 0 Å². The van der Waals surface area contributed by atoms with Gasteiger partial charge in [-0.25, -0.2) is 0 Å². The number of nitrogens with two attached hydrogens (primary N) is 1. The van der Waals surface area contributed by atoms with Crippen LogP contribution in [0.25, 0.3) is 5.57 Å². The maximum absolute atomic E-state index is 9.36. The van der Waals surface area contributed by atoms with Gasteiger partial charge < -0.3 is 5.73 Å². The number of aryl methyl sites for hydroxylation is 2. The Hall–Kier alpha value is -2.60. The second-order valence-corrected chi connectivity index (χ2v) is 5.90. The molecule has 0 amide bonds. The normalized spacial score (nSPS) is 11.3. The van der Waals surface area contributed by atoms with Crippen molar-refractivity contribution in [1.82, 2.24) is 4.98 Å². The van der Waals surface area contributed by atoms with Gasteiger partial charge in [0.15, 0.2) is 0 Å². The van der Waals surface area contributed by atoms with Crippen molar-refractivity contribution in [2.45, 2.75) is 40.5 Å². The Kier molecular flexibility index (Phi) is 5.18. The average Bonchev–Trinajstić information content (AvgIpc) is 2.53. The summed E-state index contributed by atoms with van der Waals surface area (Å²) in [6, 6.07) is 6.34. The summed E-state index contributed by atoms with van der Waals surface area (Å²) in [6.45, 7) is 8.22. The number of unbranched alkanes of at least 4 members (excludes halogenated alkanes) is 1. The first-order valence-electron chi connectivity index (χ1n) is 7.91. The number of hydrogen-bond donors (Lipinski definition) is 1. The summed E-state index contributed by atoms with van der Waals surface area (Å²) in [4.78, 5) is 4.26. The van der Waals surface area contributed by atoms with E-state index in [9.17, 15) is 5.26 Å². The molecule has 118 valence electrons. The first-order valence-corrected chi connectivity index (χ1v) is 7.91. The Morgan fingerprint density at radius 1 is 1.17 bits per heavy atom. The molecule has 0 unspecified atom stereocenters. The van der Waals surface area contributed by atoms with E-state index in [1.807, 2.05) is 26.1 Å². The van der Waals surface area contributed by atoms with E-state index in [1.165, 1.54) is 0 Å². The molecule has 2 rings (SSSR count). The first-order chi connectivity index (χ1) is 11.0. The van der Waals surface area contributed by atoms with Crippen LogP contribution in [0.5, 0.6) is 0 Å². The van der Waals surface area contributed by atoms with Crippen LogP contribution in [-0.2, 0) is 0 Å². The summed E-state index contributed by atoms with van der Waals surface area (Å²) in [7, 11) is 0. The lowest BCUT2D eigenvalue weighted by atomic mass is 9.89. The van der Waals surface area contributed by atoms with Gasteiger partial charge in [0.2, 0.25) is 0 Å². The molecule has 0 radical (unpaired) electrons. The molecule has 2 N–H and O–H groups in total. The summed E-state index contributed by atoms with van der Waals surface area (Å²) in [6.07, 6.45) is 7.80. The first kappa shape index (κ1) is 16.8. The molecular weight excluding hydrogens is 282 g/mol. The molecule has 0 saturated carbocycles. The molecule has 3 nitrogen and oxygen atoms in total. The van der Waals surface area contributed by atoms with Gasteiger partial charge in [0.1, 0.15) is 0 Å². The van der Waals surface area contributed by atoms with Crippen molar-refractivity contribution in [3.8, 4) is 6.07 Å². The van der Waals surface area contributed by atoms with E-state index in [0.29, 0.717) is 11.3 Å². The van der Waals surface area contributed by atoms with Gasteiger partial charge in [-0.3, -0.25) is 4.98 Å².